The molecule has 1 aliphatic heterocycles. The molecule has 2 amide bonds. The smallest absolute Gasteiger partial charge is 0.341 e. The number of rotatable bonds is 3. The third kappa shape index (κ3) is 3.60. The zero-order chi connectivity index (χ0) is 22.2. The number of nitrogens with zero attached hydrogens (tertiary/aromatic N) is 4. The normalized spacial score (nSPS) is 16.2. The first-order chi connectivity index (χ1) is 15.6. The summed E-state index contributed by atoms with van der Waals surface area (Å²) in [6, 6.07) is 7.92. The largest absolute Gasteiger partial charge is 0.465 e. The van der Waals surface area contributed by atoms with Crippen LogP contribution in [0.1, 0.15) is 33.6 Å². The van der Waals surface area contributed by atoms with Crippen LogP contribution >= 0.6 is 11.3 Å². The van der Waals surface area contributed by atoms with E-state index in [1.807, 2.05) is 25.2 Å². The van der Waals surface area contributed by atoms with Gasteiger partial charge >= 0.3 is 12.0 Å². The number of para-hydroxylation sites is 2. The predicted molar refractivity (Wildman–Crippen MR) is 126 cm³/mol. The fraction of sp³-hybridized carbons (Fsp3) is 0.435. The highest BCUT2D eigenvalue weighted by atomic mass is 32.1. The Morgan fingerprint density at radius 2 is 1.84 bits per heavy atom. The van der Waals surface area contributed by atoms with E-state index in [1.54, 1.807) is 4.90 Å². The monoisotopic (exact) mass is 453 g/mol. The van der Waals surface area contributed by atoms with Gasteiger partial charge in [0.2, 0.25) is 5.95 Å². The van der Waals surface area contributed by atoms with Gasteiger partial charge in [0.25, 0.3) is 0 Å². The number of aryl methyl sites for hydroxylation is 2. The predicted octanol–water partition coefficient (Wildman–Crippen LogP) is 3.65. The molecule has 0 saturated carbocycles. The molecule has 0 radical (unpaired) electrons. The van der Waals surface area contributed by atoms with Crippen LogP contribution in [0, 0.1) is 0 Å². The van der Waals surface area contributed by atoms with Crippen LogP contribution in [0.2, 0.25) is 0 Å². The molecule has 1 aromatic carbocycles. The number of fused-ring (bicyclic) bond motifs is 2. The summed E-state index contributed by atoms with van der Waals surface area (Å²) in [7, 11) is 3.41. The summed E-state index contributed by atoms with van der Waals surface area (Å²) < 4.78 is 7.12. The highest BCUT2D eigenvalue weighted by molar-refractivity contribution is 7.17. The molecule has 8 nitrogen and oxygen atoms in total. The standard InChI is InChI=1S/C23H27N5O3S/c1-26-17-9-5-4-8-16(17)24-22(26)27-11-13-28(14-12-27)23(30)25-20-19(21(29)31-2)15-7-3-6-10-18(15)32-20/h4-5,8-9H,3,6-7,10-14H2,1-2H3,(H,25,30). The van der Waals surface area contributed by atoms with Gasteiger partial charge in [-0.2, -0.15) is 0 Å². The number of hydrogen-bond acceptors (Lipinski definition) is 6. The van der Waals surface area contributed by atoms with Crippen LogP contribution in [0.5, 0.6) is 0 Å². The second kappa shape index (κ2) is 8.46. The molecule has 32 heavy (non-hydrogen) atoms. The Morgan fingerprint density at radius 3 is 2.59 bits per heavy atom. The van der Waals surface area contributed by atoms with Crippen molar-refractivity contribution in [3.05, 3.63) is 40.3 Å². The first-order valence-electron chi connectivity index (χ1n) is 11.0. The highest BCUT2D eigenvalue weighted by Crippen LogP contribution is 2.38. The van der Waals surface area contributed by atoms with Crippen LogP contribution in [0.4, 0.5) is 15.7 Å². The maximum absolute atomic E-state index is 13.0. The number of urea groups is 1. The van der Waals surface area contributed by atoms with Gasteiger partial charge in [-0.25, -0.2) is 14.6 Å². The third-order valence-corrected chi connectivity index (χ3v) is 7.60. The topological polar surface area (TPSA) is 79.7 Å². The summed E-state index contributed by atoms with van der Waals surface area (Å²) in [5.41, 5.74) is 3.66. The van der Waals surface area contributed by atoms with Gasteiger partial charge in [0, 0.05) is 38.1 Å². The third-order valence-electron chi connectivity index (χ3n) is 6.39. The van der Waals surface area contributed by atoms with E-state index in [2.05, 4.69) is 20.9 Å². The Bertz CT molecular complexity index is 1180. The number of imidazole rings is 1. The number of piperazine rings is 1. The number of carbonyl (C=O) groups excluding carboxylic acids is 2. The summed E-state index contributed by atoms with van der Waals surface area (Å²) in [5.74, 6) is 0.552. The van der Waals surface area contributed by atoms with Crippen LogP contribution in [0.3, 0.4) is 0 Å². The molecule has 1 N–H and O–H groups in total. The second-order valence-corrected chi connectivity index (χ2v) is 9.38. The van der Waals surface area contributed by atoms with E-state index in [1.165, 1.54) is 23.3 Å². The summed E-state index contributed by atoms with van der Waals surface area (Å²) in [6.07, 6.45) is 4.00. The maximum atomic E-state index is 13.0. The van der Waals surface area contributed by atoms with E-state index in [0.29, 0.717) is 36.7 Å². The van der Waals surface area contributed by atoms with Crippen LogP contribution in [0.25, 0.3) is 11.0 Å². The first kappa shape index (κ1) is 20.8. The number of benzene rings is 1. The average molecular weight is 454 g/mol. The van der Waals surface area contributed by atoms with Gasteiger partial charge in [-0.3, -0.25) is 5.32 Å². The maximum Gasteiger partial charge on any atom is 0.341 e. The van der Waals surface area contributed by atoms with Crippen LogP contribution in [-0.2, 0) is 24.6 Å². The number of methoxy groups -OCH3 is 1. The lowest BCUT2D eigenvalue weighted by Gasteiger charge is -2.35. The van der Waals surface area contributed by atoms with Gasteiger partial charge < -0.3 is 19.1 Å². The summed E-state index contributed by atoms with van der Waals surface area (Å²) in [5, 5.41) is 3.62. The van der Waals surface area contributed by atoms with E-state index in [-0.39, 0.29) is 12.0 Å². The molecule has 0 bridgehead atoms. The van der Waals surface area contributed by atoms with Crippen molar-refractivity contribution in [2.45, 2.75) is 25.7 Å². The Balaban J connectivity index is 1.29. The molecular weight excluding hydrogens is 426 g/mol. The van der Waals surface area contributed by atoms with Crippen molar-refractivity contribution < 1.29 is 14.3 Å². The molecule has 168 valence electrons. The van der Waals surface area contributed by atoms with Gasteiger partial charge in [-0.05, 0) is 43.4 Å². The van der Waals surface area contributed by atoms with Gasteiger partial charge in [-0.1, -0.05) is 12.1 Å². The van der Waals surface area contributed by atoms with Gasteiger partial charge in [0.15, 0.2) is 0 Å². The molecule has 0 atom stereocenters. The van der Waals surface area contributed by atoms with E-state index in [9.17, 15) is 9.59 Å². The number of nitrogens with one attached hydrogen (secondary N) is 1. The minimum atomic E-state index is -0.369. The van der Waals surface area contributed by atoms with Crippen molar-refractivity contribution >= 4 is 45.3 Å². The molecule has 1 saturated heterocycles. The molecule has 3 aromatic rings. The van der Waals surface area contributed by atoms with Crippen LogP contribution in [0.15, 0.2) is 24.3 Å². The number of ether oxygens (including phenoxy) is 1. The van der Waals surface area contributed by atoms with Crippen LogP contribution in [-0.4, -0.2) is 59.7 Å². The minimum Gasteiger partial charge on any atom is -0.465 e. The van der Waals surface area contributed by atoms with Crippen molar-refractivity contribution in [2.75, 3.05) is 43.5 Å². The highest BCUT2D eigenvalue weighted by Gasteiger charge is 2.29. The molecule has 1 aliphatic carbocycles. The number of esters is 1. The number of carbonyl (C=O) groups is 2. The molecular formula is C23H27N5O3S. The number of anilines is 2. The average Bonchev–Trinajstić information content (AvgIpc) is 3.36. The van der Waals surface area contributed by atoms with Crippen molar-refractivity contribution in [1.82, 2.24) is 14.5 Å². The molecule has 0 unspecified atom stereocenters. The minimum absolute atomic E-state index is 0.168. The lowest BCUT2D eigenvalue weighted by atomic mass is 9.95. The number of amides is 2. The Hall–Kier alpha value is -3.07. The zero-order valence-electron chi connectivity index (χ0n) is 18.4. The fourth-order valence-corrected chi connectivity index (χ4v) is 5.94. The molecule has 1 fully saturated rings. The Morgan fingerprint density at radius 1 is 1.09 bits per heavy atom. The molecule has 5 rings (SSSR count). The Labute approximate surface area is 190 Å². The lowest BCUT2D eigenvalue weighted by molar-refractivity contribution is 0.0601. The summed E-state index contributed by atoms with van der Waals surface area (Å²) in [6.45, 7) is 2.59. The summed E-state index contributed by atoms with van der Waals surface area (Å²) >= 11 is 1.52. The second-order valence-electron chi connectivity index (χ2n) is 8.27. The zero-order valence-corrected chi connectivity index (χ0v) is 19.2. The van der Waals surface area contributed by atoms with E-state index in [4.69, 9.17) is 9.72 Å². The SMILES string of the molecule is COC(=O)c1c(NC(=O)N2CCN(c3nc4ccccc4n3C)CC2)sc2c1CCCC2. The Kier molecular flexibility index (Phi) is 5.50. The summed E-state index contributed by atoms with van der Waals surface area (Å²) in [4.78, 5) is 35.4. The van der Waals surface area contributed by atoms with E-state index in [0.717, 1.165) is 48.2 Å². The number of hydrogen-bond donors (Lipinski definition) is 1. The van der Waals surface area contributed by atoms with Crippen LogP contribution < -0.4 is 10.2 Å². The van der Waals surface area contributed by atoms with Crippen molar-refractivity contribution in [3.8, 4) is 0 Å². The number of thiophene rings is 1. The first-order valence-corrected chi connectivity index (χ1v) is 11.8. The number of aromatic nitrogens is 2. The van der Waals surface area contributed by atoms with Crippen molar-refractivity contribution in [1.29, 1.82) is 0 Å². The molecule has 0 spiro atoms. The van der Waals surface area contributed by atoms with E-state index < -0.39 is 0 Å². The van der Waals surface area contributed by atoms with Gasteiger partial charge in [0.1, 0.15) is 5.00 Å². The molecule has 9 heteroatoms. The van der Waals surface area contributed by atoms with Crippen molar-refractivity contribution in [3.63, 3.8) is 0 Å². The van der Waals surface area contributed by atoms with E-state index >= 15 is 0 Å². The van der Waals surface area contributed by atoms with Gasteiger partial charge in [0.05, 0.1) is 23.7 Å². The molecule has 3 heterocycles. The molecule has 2 aliphatic rings. The van der Waals surface area contributed by atoms with Gasteiger partial charge in [-0.15, -0.1) is 11.3 Å². The quantitative estimate of drug-likeness (QED) is 0.613. The lowest BCUT2D eigenvalue weighted by Crippen LogP contribution is -2.50. The fourth-order valence-electron chi connectivity index (χ4n) is 4.67. The molecule has 2 aromatic heterocycles. The van der Waals surface area contributed by atoms with Crippen molar-refractivity contribution in [2.24, 2.45) is 7.05 Å².